The summed E-state index contributed by atoms with van der Waals surface area (Å²) in [4.78, 5) is 0. The molecule has 0 saturated heterocycles. The van der Waals surface area contributed by atoms with Gasteiger partial charge in [0.05, 0.1) is 7.11 Å². The summed E-state index contributed by atoms with van der Waals surface area (Å²) >= 11 is 0. The minimum atomic E-state index is -5.64. The topological polar surface area (TPSA) is 61.8 Å². The minimum absolute atomic E-state index is 0.0376. The molecule has 0 aliphatic rings. The van der Waals surface area contributed by atoms with E-state index in [0.717, 1.165) is 0 Å². The predicted molar refractivity (Wildman–Crippen MR) is 63.0 cm³/mol. The molecule has 0 bridgehead atoms. The van der Waals surface area contributed by atoms with Gasteiger partial charge in [-0.25, -0.2) is 0 Å². The first-order chi connectivity index (χ1) is 9.26. The van der Waals surface area contributed by atoms with E-state index < -0.39 is 15.6 Å². The maximum Gasteiger partial charge on any atom is 0.534 e. The quantitative estimate of drug-likeness (QED) is 0.459. The molecule has 0 aliphatic carbocycles. The lowest BCUT2D eigenvalue weighted by molar-refractivity contribution is -0.0516. The molecule has 0 radical (unpaired) electrons. The SMILES string of the molecule is COc1ccc(CO/C=C\OS(=O)(=O)C(F)(F)F)cc1. The van der Waals surface area contributed by atoms with E-state index in [1.807, 2.05) is 0 Å². The molecule has 9 heteroatoms. The zero-order chi connectivity index (χ0) is 15.2. The molecule has 0 aliphatic heterocycles. The van der Waals surface area contributed by atoms with Gasteiger partial charge in [0.25, 0.3) is 0 Å². The lowest BCUT2D eigenvalue weighted by Crippen LogP contribution is -2.23. The van der Waals surface area contributed by atoms with E-state index >= 15 is 0 Å². The van der Waals surface area contributed by atoms with Crippen LogP contribution in [0.4, 0.5) is 13.2 Å². The van der Waals surface area contributed by atoms with Crippen molar-refractivity contribution in [1.29, 1.82) is 0 Å². The maximum absolute atomic E-state index is 11.9. The van der Waals surface area contributed by atoms with Crippen molar-refractivity contribution in [2.24, 2.45) is 0 Å². The Balaban J connectivity index is 2.42. The third-order valence-electron chi connectivity index (χ3n) is 2.03. The van der Waals surface area contributed by atoms with Crippen LogP contribution >= 0.6 is 0 Å². The fraction of sp³-hybridized carbons (Fsp3) is 0.273. The molecule has 20 heavy (non-hydrogen) atoms. The summed E-state index contributed by atoms with van der Waals surface area (Å²) in [6.07, 6.45) is 1.03. The van der Waals surface area contributed by atoms with E-state index in [4.69, 9.17) is 9.47 Å². The fourth-order valence-electron chi connectivity index (χ4n) is 1.06. The zero-order valence-electron chi connectivity index (χ0n) is 10.3. The Morgan fingerprint density at radius 1 is 1.15 bits per heavy atom. The van der Waals surface area contributed by atoms with Gasteiger partial charge in [-0.05, 0) is 17.7 Å². The van der Waals surface area contributed by atoms with Gasteiger partial charge in [0.2, 0.25) is 0 Å². The van der Waals surface area contributed by atoms with Crippen LogP contribution in [0.25, 0.3) is 0 Å². The molecule has 0 heterocycles. The number of benzene rings is 1. The Hall–Kier alpha value is -1.90. The lowest BCUT2D eigenvalue weighted by atomic mass is 10.2. The van der Waals surface area contributed by atoms with Crippen molar-refractivity contribution in [2.75, 3.05) is 7.11 Å². The zero-order valence-corrected chi connectivity index (χ0v) is 11.1. The first-order valence-electron chi connectivity index (χ1n) is 5.15. The van der Waals surface area contributed by atoms with Crippen molar-refractivity contribution in [3.05, 3.63) is 42.4 Å². The number of ether oxygens (including phenoxy) is 2. The van der Waals surface area contributed by atoms with Gasteiger partial charge in [0.1, 0.15) is 24.9 Å². The first-order valence-corrected chi connectivity index (χ1v) is 6.56. The highest BCUT2D eigenvalue weighted by Crippen LogP contribution is 2.24. The second-order valence-corrected chi connectivity index (χ2v) is 4.99. The van der Waals surface area contributed by atoms with E-state index in [-0.39, 0.29) is 6.61 Å². The van der Waals surface area contributed by atoms with E-state index in [1.165, 1.54) is 7.11 Å². The average Bonchev–Trinajstić information content (AvgIpc) is 2.37. The van der Waals surface area contributed by atoms with Crippen LogP contribution in [-0.2, 0) is 25.6 Å². The second-order valence-electron chi connectivity index (χ2n) is 3.43. The standard InChI is InChI=1S/C11H11F3O5S/c1-17-10-4-2-9(3-5-10)8-18-6-7-19-20(15,16)11(12,13)14/h2-7H,8H2,1H3/b7-6-. The largest absolute Gasteiger partial charge is 0.534 e. The monoisotopic (exact) mass is 312 g/mol. The van der Waals surface area contributed by atoms with Crippen LogP contribution in [0.2, 0.25) is 0 Å². The highest BCUT2D eigenvalue weighted by molar-refractivity contribution is 7.87. The van der Waals surface area contributed by atoms with Crippen LogP contribution in [0, 0.1) is 0 Å². The van der Waals surface area contributed by atoms with Crippen molar-refractivity contribution in [1.82, 2.24) is 0 Å². The highest BCUT2D eigenvalue weighted by Gasteiger charge is 2.47. The Morgan fingerprint density at radius 2 is 1.75 bits per heavy atom. The average molecular weight is 312 g/mol. The summed E-state index contributed by atoms with van der Waals surface area (Å²) < 4.78 is 70.0. The molecule has 1 aromatic rings. The van der Waals surface area contributed by atoms with Crippen LogP contribution in [0.5, 0.6) is 5.75 Å². The molecule has 0 unspecified atom stereocenters. The molecule has 0 saturated carbocycles. The molecular weight excluding hydrogens is 301 g/mol. The third kappa shape index (κ3) is 4.65. The summed E-state index contributed by atoms with van der Waals surface area (Å²) in [6, 6.07) is 6.71. The van der Waals surface area contributed by atoms with Gasteiger partial charge >= 0.3 is 15.6 Å². The van der Waals surface area contributed by atoms with Crippen molar-refractivity contribution in [3.8, 4) is 5.75 Å². The number of rotatable bonds is 6. The number of alkyl halides is 3. The van der Waals surface area contributed by atoms with E-state index in [0.29, 0.717) is 23.8 Å². The van der Waals surface area contributed by atoms with Crippen molar-refractivity contribution in [2.45, 2.75) is 12.1 Å². The number of methoxy groups -OCH3 is 1. The summed E-state index contributed by atoms with van der Waals surface area (Å²) in [5, 5.41) is 0. The van der Waals surface area contributed by atoms with Crippen LogP contribution < -0.4 is 4.74 Å². The van der Waals surface area contributed by atoms with Gasteiger partial charge in [-0.1, -0.05) is 12.1 Å². The Labute approximate surface area is 113 Å². The molecule has 1 rings (SSSR count). The van der Waals surface area contributed by atoms with Crippen LogP contribution in [0.15, 0.2) is 36.8 Å². The van der Waals surface area contributed by atoms with Crippen molar-refractivity contribution >= 4 is 10.1 Å². The predicted octanol–water partition coefficient (Wildman–Crippen LogP) is 2.55. The Kier molecular flexibility index (Phi) is 5.26. The molecule has 0 aromatic heterocycles. The fourth-order valence-corrected chi connectivity index (χ4v) is 1.36. The van der Waals surface area contributed by atoms with Gasteiger partial charge in [-0.2, -0.15) is 21.6 Å². The van der Waals surface area contributed by atoms with Crippen molar-refractivity contribution < 1.29 is 35.2 Å². The summed E-state index contributed by atoms with van der Waals surface area (Å²) in [5.74, 6) is 0.642. The van der Waals surface area contributed by atoms with Crippen LogP contribution in [0.1, 0.15) is 5.56 Å². The van der Waals surface area contributed by atoms with E-state index in [2.05, 4.69) is 4.18 Å². The smallest absolute Gasteiger partial charge is 0.497 e. The summed E-state index contributed by atoms with van der Waals surface area (Å²) in [6.45, 7) is 0.0376. The normalized spacial score (nSPS) is 12.4. The molecule has 112 valence electrons. The highest BCUT2D eigenvalue weighted by atomic mass is 32.2. The van der Waals surface area contributed by atoms with Gasteiger partial charge in [0.15, 0.2) is 0 Å². The summed E-state index contributed by atoms with van der Waals surface area (Å²) in [5.41, 5.74) is -4.75. The molecule has 5 nitrogen and oxygen atoms in total. The molecule has 0 spiro atoms. The third-order valence-corrected chi connectivity index (χ3v) is 2.96. The Morgan fingerprint density at radius 3 is 2.25 bits per heavy atom. The van der Waals surface area contributed by atoms with E-state index in [9.17, 15) is 21.6 Å². The number of hydrogen-bond donors (Lipinski definition) is 0. The molecular formula is C11H11F3O5S. The molecule has 1 aromatic carbocycles. The first kappa shape index (κ1) is 16.2. The maximum atomic E-state index is 11.9. The molecule has 0 amide bonds. The molecule has 0 atom stereocenters. The molecule has 0 fully saturated rings. The van der Waals surface area contributed by atoms with Crippen LogP contribution in [-0.4, -0.2) is 21.0 Å². The van der Waals surface area contributed by atoms with Crippen molar-refractivity contribution in [3.63, 3.8) is 0 Å². The molecule has 0 N–H and O–H groups in total. The summed E-state index contributed by atoms with van der Waals surface area (Å²) in [7, 11) is -4.13. The van der Waals surface area contributed by atoms with Gasteiger partial charge < -0.3 is 13.7 Å². The minimum Gasteiger partial charge on any atom is -0.497 e. The van der Waals surface area contributed by atoms with Crippen LogP contribution in [0.3, 0.4) is 0 Å². The van der Waals surface area contributed by atoms with Gasteiger partial charge in [-0.3, -0.25) is 0 Å². The van der Waals surface area contributed by atoms with E-state index in [1.54, 1.807) is 24.3 Å². The van der Waals surface area contributed by atoms with Gasteiger partial charge in [-0.15, -0.1) is 0 Å². The number of halogens is 3. The second kappa shape index (κ2) is 6.51. The lowest BCUT2D eigenvalue weighted by Gasteiger charge is -2.06. The van der Waals surface area contributed by atoms with Gasteiger partial charge in [0, 0.05) is 0 Å². The number of hydrogen-bond acceptors (Lipinski definition) is 5. The Bertz CT molecular complexity index is 548.